The number of carbonyl (C=O) groups is 1. The Morgan fingerprint density at radius 2 is 2.00 bits per heavy atom. The number of aliphatic hydroxyl groups is 1. The van der Waals surface area contributed by atoms with Crippen LogP contribution in [-0.2, 0) is 0 Å². The summed E-state index contributed by atoms with van der Waals surface area (Å²) in [6.45, 7) is 3.52. The molecule has 3 nitrogen and oxygen atoms in total. The lowest BCUT2D eigenvalue weighted by Gasteiger charge is -2.37. The Bertz CT molecular complexity index is 409. The predicted octanol–water partition coefficient (Wildman–Crippen LogP) is 2.41. The minimum atomic E-state index is 0.185. The third-order valence-electron chi connectivity index (χ3n) is 3.91. The maximum absolute atomic E-state index is 12.3. The Labute approximate surface area is 115 Å². The second kappa shape index (κ2) is 6.83. The summed E-state index contributed by atoms with van der Waals surface area (Å²) in [4.78, 5) is 14.5. The average molecular weight is 261 g/mol. The third-order valence-corrected chi connectivity index (χ3v) is 3.91. The van der Waals surface area contributed by atoms with E-state index in [-0.39, 0.29) is 12.4 Å². The molecule has 1 aliphatic carbocycles. The first-order chi connectivity index (χ1) is 9.20. The van der Waals surface area contributed by atoms with Crippen LogP contribution in [0.3, 0.4) is 0 Å². The Kier molecular flexibility index (Phi) is 5.11. The van der Waals surface area contributed by atoms with Crippen LogP contribution in [0.4, 0.5) is 0 Å². The zero-order valence-electron chi connectivity index (χ0n) is 11.6. The number of ketones is 1. The van der Waals surface area contributed by atoms with E-state index in [0.717, 1.165) is 18.5 Å². The molecule has 0 aromatic heterocycles. The quantitative estimate of drug-likeness (QED) is 0.766. The van der Waals surface area contributed by atoms with Gasteiger partial charge in [-0.2, -0.15) is 0 Å². The second-order valence-corrected chi connectivity index (χ2v) is 5.42. The Morgan fingerprint density at radius 1 is 1.32 bits per heavy atom. The van der Waals surface area contributed by atoms with Crippen molar-refractivity contribution < 1.29 is 9.90 Å². The van der Waals surface area contributed by atoms with Gasteiger partial charge in [-0.1, -0.05) is 36.2 Å². The molecule has 0 atom stereocenters. The molecule has 1 fully saturated rings. The average Bonchev–Trinajstić information content (AvgIpc) is 2.34. The Balaban J connectivity index is 1.95. The number of rotatable bonds is 7. The smallest absolute Gasteiger partial charge is 0.176 e. The zero-order chi connectivity index (χ0) is 13.7. The molecule has 0 aliphatic heterocycles. The number of carbonyl (C=O) groups excluding carboxylic acids is 1. The van der Waals surface area contributed by atoms with Crippen molar-refractivity contribution in [3.05, 3.63) is 35.4 Å². The fraction of sp³-hybridized carbons (Fsp3) is 0.562. The van der Waals surface area contributed by atoms with Gasteiger partial charge in [-0.05, 0) is 26.2 Å². The van der Waals surface area contributed by atoms with Gasteiger partial charge in [0.1, 0.15) is 0 Å². The molecule has 0 heterocycles. The van der Waals surface area contributed by atoms with E-state index in [1.807, 2.05) is 31.2 Å². The highest BCUT2D eigenvalue weighted by molar-refractivity contribution is 5.97. The monoisotopic (exact) mass is 261 g/mol. The number of Topliss-reactive ketones (excluding diaryl/α,β-unsaturated/α-hetero) is 1. The molecule has 104 valence electrons. The van der Waals surface area contributed by atoms with E-state index in [1.54, 1.807) is 0 Å². The number of benzene rings is 1. The van der Waals surface area contributed by atoms with E-state index in [1.165, 1.54) is 24.8 Å². The van der Waals surface area contributed by atoms with E-state index in [0.29, 0.717) is 12.6 Å². The van der Waals surface area contributed by atoms with Crippen molar-refractivity contribution in [3.8, 4) is 0 Å². The molecule has 3 heteroatoms. The fourth-order valence-electron chi connectivity index (χ4n) is 2.43. The van der Waals surface area contributed by atoms with Crippen LogP contribution in [0.2, 0.25) is 0 Å². The van der Waals surface area contributed by atoms with Crippen LogP contribution >= 0.6 is 0 Å². The highest BCUT2D eigenvalue weighted by Crippen LogP contribution is 2.25. The molecule has 19 heavy (non-hydrogen) atoms. The largest absolute Gasteiger partial charge is 0.396 e. The summed E-state index contributed by atoms with van der Waals surface area (Å²) in [5.74, 6) is 0.185. The Morgan fingerprint density at radius 3 is 2.53 bits per heavy atom. The topological polar surface area (TPSA) is 40.5 Å². The number of nitrogens with zero attached hydrogens (tertiary/aromatic N) is 1. The number of hydrogen-bond acceptors (Lipinski definition) is 3. The molecule has 1 aromatic carbocycles. The van der Waals surface area contributed by atoms with E-state index in [2.05, 4.69) is 4.90 Å². The standard InChI is InChI=1S/C16H23NO2/c1-13-6-8-14(9-7-13)16(19)12-17(10-3-11-18)15-4-2-5-15/h6-9,15,18H,2-5,10-12H2,1H3. The summed E-state index contributed by atoms with van der Waals surface area (Å²) in [5.41, 5.74) is 1.96. The van der Waals surface area contributed by atoms with Gasteiger partial charge in [0.15, 0.2) is 5.78 Å². The minimum absolute atomic E-state index is 0.185. The fourth-order valence-corrected chi connectivity index (χ4v) is 2.43. The molecule has 0 saturated heterocycles. The molecule has 0 unspecified atom stereocenters. The molecule has 0 spiro atoms. The summed E-state index contributed by atoms with van der Waals surface area (Å²) >= 11 is 0. The van der Waals surface area contributed by atoms with Gasteiger partial charge >= 0.3 is 0 Å². The van der Waals surface area contributed by atoms with Crippen LogP contribution in [0.15, 0.2) is 24.3 Å². The lowest BCUT2D eigenvalue weighted by atomic mass is 9.91. The van der Waals surface area contributed by atoms with Crippen LogP contribution in [0.25, 0.3) is 0 Å². The number of hydrogen-bond donors (Lipinski definition) is 1. The van der Waals surface area contributed by atoms with Crippen LogP contribution in [0.5, 0.6) is 0 Å². The first-order valence-corrected chi connectivity index (χ1v) is 7.15. The van der Waals surface area contributed by atoms with E-state index < -0.39 is 0 Å². The molecule has 0 bridgehead atoms. The third kappa shape index (κ3) is 3.88. The minimum Gasteiger partial charge on any atom is -0.396 e. The van der Waals surface area contributed by atoms with Gasteiger partial charge in [0.2, 0.25) is 0 Å². The summed E-state index contributed by atoms with van der Waals surface area (Å²) in [5, 5.41) is 8.96. The first-order valence-electron chi connectivity index (χ1n) is 7.15. The van der Waals surface area contributed by atoms with Crippen molar-refractivity contribution in [1.82, 2.24) is 4.90 Å². The van der Waals surface area contributed by atoms with E-state index >= 15 is 0 Å². The van der Waals surface area contributed by atoms with Gasteiger partial charge in [0, 0.05) is 24.8 Å². The van der Waals surface area contributed by atoms with Crippen LogP contribution in [0, 0.1) is 6.92 Å². The predicted molar refractivity (Wildman–Crippen MR) is 76.4 cm³/mol. The van der Waals surface area contributed by atoms with Crippen molar-refractivity contribution in [1.29, 1.82) is 0 Å². The van der Waals surface area contributed by atoms with Gasteiger partial charge in [0.25, 0.3) is 0 Å². The van der Waals surface area contributed by atoms with Crippen LogP contribution in [-0.4, -0.2) is 41.5 Å². The maximum Gasteiger partial charge on any atom is 0.176 e. The van der Waals surface area contributed by atoms with Crippen LogP contribution in [0.1, 0.15) is 41.6 Å². The summed E-state index contributed by atoms with van der Waals surface area (Å²) < 4.78 is 0. The van der Waals surface area contributed by atoms with Gasteiger partial charge < -0.3 is 5.11 Å². The molecule has 1 aromatic rings. The molecule has 0 amide bonds. The van der Waals surface area contributed by atoms with Crippen molar-refractivity contribution >= 4 is 5.78 Å². The number of aliphatic hydroxyl groups excluding tert-OH is 1. The summed E-state index contributed by atoms with van der Waals surface area (Å²) in [6, 6.07) is 8.31. The van der Waals surface area contributed by atoms with E-state index in [4.69, 9.17) is 5.11 Å². The van der Waals surface area contributed by atoms with Crippen molar-refractivity contribution in [2.75, 3.05) is 19.7 Å². The van der Waals surface area contributed by atoms with Gasteiger partial charge in [-0.25, -0.2) is 0 Å². The summed E-state index contributed by atoms with van der Waals surface area (Å²) in [7, 11) is 0. The normalized spacial score (nSPS) is 15.5. The van der Waals surface area contributed by atoms with Gasteiger partial charge in [-0.15, -0.1) is 0 Å². The molecular formula is C16H23NO2. The van der Waals surface area contributed by atoms with Crippen LogP contribution < -0.4 is 0 Å². The molecular weight excluding hydrogens is 238 g/mol. The highest BCUT2D eigenvalue weighted by Gasteiger charge is 2.26. The van der Waals surface area contributed by atoms with Crippen molar-refractivity contribution in [2.24, 2.45) is 0 Å². The second-order valence-electron chi connectivity index (χ2n) is 5.42. The molecule has 2 rings (SSSR count). The highest BCUT2D eigenvalue weighted by atomic mass is 16.3. The lowest BCUT2D eigenvalue weighted by molar-refractivity contribution is 0.0788. The maximum atomic E-state index is 12.3. The zero-order valence-corrected chi connectivity index (χ0v) is 11.6. The molecule has 1 N–H and O–H groups in total. The molecule has 1 aliphatic rings. The first kappa shape index (κ1) is 14.2. The number of aryl methyl sites for hydroxylation is 1. The SMILES string of the molecule is Cc1ccc(C(=O)CN(CCCO)C2CCC2)cc1. The molecule has 0 radical (unpaired) electrons. The lowest BCUT2D eigenvalue weighted by Crippen LogP contribution is -2.43. The van der Waals surface area contributed by atoms with Gasteiger partial charge in [-0.3, -0.25) is 9.69 Å². The summed E-state index contributed by atoms with van der Waals surface area (Å²) in [6.07, 6.45) is 4.38. The molecule has 1 saturated carbocycles. The van der Waals surface area contributed by atoms with Crippen molar-refractivity contribution in [2.45, 2.75) is 38.6 Å². The van der Waals surface area contributed by atoms with Gasteiger partial charge in [0.05, 0.1) is 6.54 Å². The Hall–Kier alpha value is -1.19. The van der Waals surface area contributed by atoms with Crippen molar-refractivity contribution in [3.63, 3.8) is 0 Å². The van der Waals surface area contributed by atoms with E-state index in [9.17, 15) is 4.79 Å².